The Morgan fingerprint density at radius 2 is 1.81 bits per heavy atom. The van der Waals surface area contributed by atoms with E-state index in [1.165, 1.54) is 0 Å². The molecule has 0 aliphatic heterocycles. The minimum Gasteiger partial charge on any atom is -0.366 e. The van der Waals surface area contributed by atoms with Crippen LogP contribution in [0.3, 0.4) is 0 Å². The number of amides is 1. The Kier molecular flexibility index (Phi) is 2.52. The molecular formula is C13H14N2O. The normalized spacial score (nSPS) is 10.4. The van der Waals surface area contributed by atoms with Crippen molar-refractivity contribution in [3.63, 3.8) is 0 Å². The molecule has 3 heteroatoms. The Labute approximate surface area is 94.5 Å². The zero-order chi connectivity index (χ0) is 11.7. The standard InChI is InChI=1S/C13H14N2O/c1-9-8-12(13(14)16)10(2)15(9)11-6-4-3-5-7-11/h3-8H,1-2H3,(H2,14,16). The maximum Gasteiger partial charge on any atom is 0.250 e. The van der Waals surface area contributed by atoms with Crippen molar-refractivity contribution < 1.29 is 4.79 Å². The van der Waals surface area contributed by atoms with E-state index < -0.39 is 0 Å². The molecule has 0 unspecified atom stereocenters. The first-order valence-electron chi connectivity index (χ1n) is 5.15. The minimum absolute atomic E-state index is 0.379. The van der Waals surface area contributed by atoms with Crippen LogP contribution in [0.25, 0.3) is 5.69 Å². The molecule has 0 aliphatic carbocycles. The molecule has 1 heterocycles. The number of primary amides is 1. The molecule has 2 N–H and O–H groups in total. The van der Waals surface area contributed by atoms with Crippen LogP contribution in [0.1, 0.15) is 21.7 Å². The van der Waals surface area contributed by atoms with Gasteiger partial charge in [-0.15, -0.1) is 0 Å². The molecule has 0 saturated heterocycles. The molecule has 1 amide bonds. The van der Waals surface area contributed by atoms with Crippen LogP contribution in [0, 0.1) is 13.8 Å². The minimum atomic E-state index is -0.379. The predicted octanol–water partition coefficient (Wildman–Crippen LogP) is 2.19. The molecule has 1 aromatic heterocycles. The first-order chi connectivity index (χ1) is 7.61. The summed E-state index contributed by atoms with van der Waals surface area (Å²) in [7, 11) is 0. The second kappa shape index (κ2) is 3.85. The zero-order valence-corrected chi connectivity index (χ0v) is 9.40. The van der Waals surface area contributed by atoms with Crippen molar-refractivity contribution in [2.45, 2.75) is 13.8 Å². The van der Waals surface area contributed by atoms with Crippen molar-refractivity contribution in [1.82, 2.24) is 4.57 Å². The van der Waals surface area contributed by atoms with Gasteiger partial charge in [0.25, 0.3) is 5.91 Å². The Bertz CT molecular complexity index is 526. The summed E-state index contributed by atoms with van der Waals surface area (Å²) in [6, 6.07) is 11.7. The van der Waals surface area contributed by atoms with Crippen LogP contribution in [0.15, 0.2) is 36.4 Å². The van der Waals surface area contributed by atoms with Gasteiger partial charge in [0, 0.05) is 17.1 Å². The number of nitrogens with zero attached hydrogens (tertiary/aromatic N) is 1. The molecule has 0 radical (unpaired) electrons. The van der Waals surface area contributed by atoms with Gasteiger partial charge in [-0.2, -0.15) is 0 Å². The number of carbonyl (C=O) groups excluding carboxylic acids is 1. The monoisotopic (exact) mass is 214 g/mol. The number of carbonyl (C=O) groups is 1. The van der Waals surface area contributed by atoms with Gasteiger partial charge in [-0.05, 0) is 32.0 Å². The van der Waals surface area contributed by atoms with Crippen molar-refractivity contribution in [1.29, 1.82) is 0 Å². The molecular weight excluding hydrogens is 200 g/mol. The molecule has 0 fully saturated rings. The summed E-state index contributed by atoms with van der Waals surface area (Å²) >= 11 is 0. The summed E-state index contributed by atoms with van der Waals surface area (Å²) in [6.07, 6.45) is 0. The van der Waals surface area contributed by atoms with Crippen molar-refractivity contribution in [2.24, 2.45) is 5.73 Å². The Morgan fingerprint density at radius 1 is 1.19 bits per heavy atom. The van der Waals surface area contributed by atoms with E-state index in [9.17, 15) is 4.79 Å². The van der Waals surface area contributed by atoms with Crippen LogP contribution in [-0.4, -0.2) is 10.5 Å². The van der Waals surface area contributed by atoms with E-state index in [4.69, 9.17) is 5.73 Å². The Morgan fingerprint density at radius 3 is 2.31 bits per heavy atom. The second-order valence-corrected chi connectivity index (χ2v) is 3.82. The van der Waals surface area contributed by atoms with Gasteiger partial charge >= 0.3 is 0 Å². The van der Waals surface area contributed by atoms with Crippen molar-refractivity contribution >= 4 is 5.91 Å². The predicted molar refractivity (Wildman–Crippen MR) is 63.8 cm³/mol. The fourth-order valence-corrected chi connectivity index (χ4v) is 1.99. The van der Waals surface area contributed by atoms with Gasteiger partial charge in [-0.1, -0.05) is 18.2 Å². The first kappa shape index (κ1) is 10.5. The van der Waals surface area contributed by atoms with E-state index in [2.05, 4.69) is 0 Å². The summed E-state index contributed by atoms with van der Waals surface area (Å²) in [6.45, 7) is 3.87. The molecule has 16 heavy (non-hydrogen) atoms. The second-order valence-electron chi connectivity index (χ2n) is 3.82. The highest BCUT2D eigenvalue weighted by Crippen LogP contribution is 2.19. The highest BCUT2D eigenvalue weighted by molar-refractivity contribution is 5.94. The summed E-state index contributed by atoms with van der Waals surface area (Å²) in [5.41, 5.74) is 8.85. The van der Waals surface area contributed by atoms with E-state index in [1.54, 1.807) is 0 Å². The summed E-state index contributed by atoms with van der Waals surface area (Å²) in [5, 5.41) is 0. The number of hydrogen-bond donors (Lipinski definition) is 1. The molecule has 0 spiro atoms. The van der Waals surface area contributed by atoms with E-state index in [0.717, 1.165) is 17.1 Å². The fraction of sp³-hybridized carbons (Fsp3) is 0.154. The van der Waals surface area contributed by atoms with Crippen LogP contribution >= 0.6 is 0 Å². The molecule has 0 atom stereocenters. The van der Waals surface area contributed by atoms with E-state index in [0.29, 0.717) is 5.56 Å². The van der Waals surface area contributed by atoms with Crippen molar-refractivity contribution in [3.05, 3.63) is 53.3 Å². The van der Waals surface area contributed by atoms with Crippen LogP contribution in [0.4, 0.5) is 0 Å². The maximum atomic E-state index is 11.2. The van der Waals surface area contributed by atoms with Gasteiger partial charge in [0.1, 0.15) is 0 Å². The molecule has 82 valence electrons. The molecule has 0 aliphatic rings. The summed E-state index contributed by atoms with van der Waals surface area (Å²) < 4.78 is 2.03. The SMILES string of the molecule is Cc1cc(C(N)=O)c(C)n1-c1ccccc1. The maximum absolute atomic E-state index is 11.2. The topological polar surface area (TPSA) is 48.0 Å². The number of aromatic nitrogens is 1. The number of nitrogens with two attached hydrogens (primary N) is 1. The number of hydrogen-bond acceptors (Lipinski definition) is 1. The van der Waals surface area contributed by atoms with Gasteiger partial charge < -0.3 is 10.3 Å². The molecule has 2 aromatic rings. The van der Waals surface area contributed by atoms with Gasteiger partial charge in [0.15, 0.2) is 0 Å². The lowest BCUT2D eigenvalue weighted by molar-refractivity contribution is 0.0999. The quantitative estimate of drug-likeness (QED) is 0.818. The third-order valence-corrected chi connectivity index (χ3v) is 2.71. The fourth-order valence-electron chi connectivity index (χ4n) is 1.99. The third kappa shape index (κ3) is 1.60. The largest absolute Gasteiger partial charge is 0.366 e. The first-order valence-corrected chi connectivity index (χ1v) is 5.15. The molecule has 3 nitrogen and oxygen atoms in total. The number of para-hydroxylation sites is 1. The van der Waals surface area contributed by atoms with Crippen molar-refractivity contribution in [3.8, 4) is 5.69 Å². The Hall–Kier alpha value is -2.03. The molecule has 0 saturated carbocycles. The molecule has 1 aromatic carbocycles. The zero-order valence-electron chi connectivity index (χ0n) is 9.40. The van der Waals surface area contributed by atoms with Gasteiger partial charge in [-0.3, -0.25) is 4.79 Å². The van der Waals surface area contributed by atoms with Gasteiger partial charge in [0.2, 0.25) is 0 Å². The lowest BCUT2D eigenvalue weighted by Gasteiger charge is -2.08. The van der Waals surface area contributed by atoms with Crippen LogP contribution < -0.4 is 5.73 Å². The van der Waals surface area contributed by atoms with E-state index >= 15 is 0 Å². The lowest BCUT2D eigenvalue weighted by Crippen LogP contribution is -2.12. The van der Waals surface area contributed by atoms with E-state index in [-0.39, 0.29) is 5.91 Å². The average Bonchev–Trinajstić information content (AvgIpc) is 2.56. The lowest BCUT2D eigenvalue weighted by atomic mass is 10.2. The van der Waals surface area contributed by atoms with E-state index in [1.807, 2.05) is 54.8 Å². The van der Waals surface area contributed by atoms with Crippen LogP contribution in [0.2, 0.25) is 0 Å². The molecule has 0 bridgehead atoms. The summed E-state index contributed by atoms with van der Waals surface area (Å²) in [5.74, 6) is -0.379. The van der Waals surface area contributed by atoms with Crippen molar-refractivity contribution in [2.75, 3.05) is 0 Å². The average molecular weight is 214 g/mol. The summed E-state index contributed by atoms with van der Waals surface area (Å²) in [4.78, 5) is 11.2. The van der Waals surface area contributed by atoms with Gasteiger partial charge in [-0.25, -0.2) is 0 Å². The Balaban J connectivity index is 2.63. The number of rotatable bonds is 2. The molecule has 2 rings (SSSR count). The van der Waals surface area contributed by atoms with Gasteiger partial charge in [0.05, 0.1) is 5.56 Å². The van der Waals surface area contributed by atoms with Crippen LogP contribution in [0.5, 0.6) is 0 Å². The van der Waals surface area contributed by atoms with Crippen LogP contribution in [-0.2, 0) is 0 Å². The third-order valence-electron chi connectivity index (χ3n) is 2.71. The number of aryl methyl sites for hydroxylation is 1. The highest BCUT2D eigenvalue weighted by atomic mass is 16.1. The highest BCUT2D eigenvalue weighted by Gasteiger charge is 2.13. The number of benzene rings is 1. The smallest absolute Gasteiger partial charge is 0.250 e.